The van der Waals surface area contributed by atoms with Gasteiger partial charge in [0.15, 0.2) is 0 Å². The van der Waals surface area contributed by atoms with Crippen molar-refractivity contribution in [3.63, 3.8) is 0 Å². The maximum atomic E-state index is 12.5. The van der Waals surface area contributed by atoms with Gasteiger partial charge in [0.05, 0.1) is 12.6 Å². The Bertz CT molecular complexity index is 561. The topological polar surface area (TPSA) is 93.2 Å². The highest BCUT2D eigenvalue weighted by Gasteiger charge is 2.29. The van der Waals surface area contributed by atoms with Gasteiger partial charge in [-0.25, -0.2) is 4.79 Å². The number of hydrogen-bond donors (Lipinski definition) is 2. The van der Waals surface area contributed by atoms with Crippen molar-refractivity contribution in [2.75, 3.05) is 47.3 Å². The van der Waals surface area contributed by atoms with Crippen LogP contribution in [0.4, 0.5) is 0 Å². The van der Waals surface area contributed by atoms with Crippen molar-refractivity contribution in [1.29, 1.82) is 0 Å². The summed E-state index contributed by atoms with van der Waals surface area (Å²) in [6.45, 7) is 7.59. The molecule has 8 nitrogen and oxygen atoms in total. The standard InChI is InChI=1S/C18H32N4O4/c1-12(2)14(9-13(3)18(25)26)22(6)16(23)10-19-17(24)15-11-20(4)7-8-21(15)5/h9,12,14-15H,7-8,10-11H2,1-6H3,(H,19,24)(H,25,26)/b13-9+/t14-,15?/m1/s1. The second-order valence-electron chi connectivity index (χ2n) is 7.37. The minimum Gasteiger partial charge on any atom is -0.478 e. The molecule has 2 amide bonds. The molecule has 148 valence electrons. The highest BCUT2D eigenvalue weighted by atomic mass is 16.4. The maximum absolute atomic E-state index is 12.5. The lowest BCUT2D eigenvalue weighted by atomic mass is 10.00. The minimum absolute atomic E-state index is 0.0482. The van der Waals surface area contributed by atoms with Crippen molar-refractivity contribution in [2.24, 2.45) is 5.92 Å². The number of carbonyl (C=O) groups is 3. The molecule has 1 rings (SSSR count). The molecular weight excluding hydrogens is 336 g/mol. The quantitative estimate of drug-likeness (QED) is 0.608. The summed E-state index contributed by atoms with van der Waals surface area (Å²) in [4.78, 5) is 41.5. The fraction of sp³-hybridized carbons (Fsp3) is 0.722. The smallest absolute Gasteiger partial charge is 0.331 e. The zero-order valence-corrected chi connectivity index (χ0v) is 16.7. The normalized spacial score (nSPS) is 20.7. The molecule has 0 bridgehead atoms. The van der Waals surface area contributed by atoms with Crippen molar-refractivity contribution >= 4 is 17.8 Å². The Morgan fingerprint density at radius 1 is 1.27 bits per heavy atom. The van der Waals surface area contributed by atoms with Crippen LogP contribution in [0.1, 0.15) is 20.8 Å². The van der Waals surface area contributed by atoms with E-state index in [4.69, 9.17) is 5.11 Å². The van der Waals surface area contributed by atoms with Gasteiger partial charge in [0.25, 0.3) is 0 Å². The lowest BCUT2D eigenvalue weighted by Crippen LogP contribution is -2.57. The van der Waals surface area contributed by atoms with Crippen LogP contribution in [-0.4, -0.2) is 97.0 Å². The molecule has 8 heteroatoms. The Morgan fingerprint density at radius 3 is 2.42 bits per heavy atom. The summed E-state index contributed by atoms with van der Waals surface area (Å²) in [6, 6.07) is -0.624. The molecule has 1 unspecified atom stereocenters. The van der Waals surface area contributed by atoms with E-state index >= 15 is 0 Å². The van der Waals surface area contributed by atoms with Crippen molar-refractivity contribution in [3.05, 3.63) is 11.6 Å². The van der Waals surface area contributed by atoms with Gasteiger partial charge >= 0.3 is 5.97 Å². The van der Waals surface area contributed by atoms with E-state index in [0.29, 0.717) is 6.54 Å². The molecule has 26 heavy (non-hydrogen) atoms. The summed E-state index contributed by atoms with van der Waals surface area (Å²) < 4.78 is 0. The van der Waals surface area contributed by atoms with Gasteiger partial charge < -0.3 is 20.2 Å². The number of carboxylic acids is 1. The molecule has 0 aromatic rings. The minimum atomic E-state index is -1.01. The lowest BCUT2D eigenvalue weighted by Gasteiger charge is -2.36. The lowest BCUT2D eigenvalue weighted by molar-refractivity contribution is -0.135. The summed E-state index contributed by atoms with van der Waals surface area (Å²) in [5.41, 5.74) is 0.194. The first-order valence-corrected chi connectivity index (χ1v) is 8.88. The molecule has 0 aromatic heterocycles. The highest BCUT2D eigenvalue weighted by molar-refractivity contribution is 5.88. The van der Waals surface area contributed by atoms with Gasteiger partial charge in [-0.2, -0.15) is 0 Å². The Balaban J connectivity index is 2.68. The second kappa shape index (κ2) is 9.68. The third-order valence-electron chi connectivity index (χ3n) is 4.85. The first-order chi connectivity index (χ1) is 12.0. The van der Waals surface area contributed by atoms with Crippen LogP contribution in [0.25, 0.3) is 0 Å². The fourth-order valence-corrected chi connectivity index (χ4v) is 2.94. The second-order valence-corrected chi connectivity index (χ2v) is 7.37. The molecule has 1 aliphatic rings. The average molecular weight is 368 g/mol. The number of nitrogens with zero attached hydrogens (tertiary/aromatic N) is 3. The van der Waals surface area contributed by atoms with Crippen LogP contribution in [0.15, 0.2) is 11.6 Å². The number of rotatable bonds is 7. The van der Waals surface area contributed by atoms with Crippen LogP contribution in [0.5, 0.6) is 0 Å². The van der Waals surface area contributed by atoms with Crippen molar-refractivity contribution in [2.45, 2.75) is 32.9 Å². The Hall–Kier alpha value is -1.93. The molecule has 0 aliphatic carbocycles. The van der Waals surface area contributed by atoms with Gasteiger partial charge in [0, 0.05) is 32.3 Å². The zero-order valence-electron chi connectivity index (χ0n) is 16.7. The van der Waals surface area contributed by atoms with E-state index in [0.717, 1.165) is 13.1 Å². The number of piperazine rings is 1. The van der Waals surface area contributed by atoms with Gasteiger partial charge in [-0.15, -0.1) is 0 Å². The third kappa shape index (κ3) is 6.10. The average Bonchev–Trinajstić information content (AvgIpc) is 2.57. The summed E-state index contributed by atoms with van der Waals surface area (Å²) in [7, 11) is 5.50. The first kappa shape index (κ1) is 22.1. The predicted octanol–water partition coefficient (Wildman–Crippen LogP) is -0.138. The van der Waals surface area contributed by atoms with Crippen LogP contribution in [0.3, 0.4) is 0 Å². The van der Waals surface area contributed by atoms with Crippen LogP contribution in [0.2, 0.25) is 0 Å². The number of aliphatic carboxylic acids is 1. The molecule has 1 fully saturated rings. The number of carbonyl (C=O) groups excluding carboxylic acids is 2. The van der Waals surface area contributed by atoms with Crippen molar-refractivity contribution in [1.82, 2.24) is 20.0 Å². The van der Waals surface area contributed by atoms with E-state index in [2.05, 4.69) is 10.2 Å². The molecule has 1 aliphatic heterocycles. The number of nitrogens with one attached hydrogen (secondary N) is 1. The summed E-state index contributed by atoms with van der Waals surface area (Å²) >= 11 is 0. The molecule has 1 saturated heterocycles. The van der Waals surface area contributed by atoms with E-state index < -0.39 is 5.97 Å². The fourth-order valence-electron chi connectivity index (χ4n) is 2.94. The Labute approximate surface area is 155 Å². The molecule has 2 N–H and O–H groups in total. The first-order valence-electron chi connectivity index (χ1n) is 8.88. The Morgan fingerprint density at radius 2 is 1.88 bits per heavy atom. The van der Waals surface area contributed by atoms with Gasteiger partial charge in [-0.05, 0) is 26.9 Å². The Kier molecular flexibility index (Phi) is 8.23. The van der Waals surface area contributed by atoms with E-state index in [-0.39, 0.29) is 41.9 Å². The SMILES string of the molecule is C/C(=C\[C@H](C(C)C)N(C)C(=O)CNC(=O)C1CN(C)CCN1C)C(=O)O. The highest BCUT2D eigenvalue weighted by Crippen LogP contribution is 2.13. The van der Waals surface area contributed by atoms with E-state index in [1.165, 1.54) is 11.8 Å². The van der Waals surface area contributed by atoms with Gasteiger partial charge in [0.1, 0.15) is 6.04 Å². The number of carboxylic acid groups (broad SMARTS) is 1. The van der Waals surface area contributed by atoms with Crippen LogP contribution >= 0.6 is 0 Å². The molecule has 2 atom stereocenters. The predicted molar refractivity (Wildman–Crippen MR) is 99.7 cm³/mol. The van der Waals surface area contributed by atoms with E-state index in [1.807, 2.05) is 32.8 Å². The summed E-state index contributed by atoms with van der Waals surface area (Å²) in [6.07, 6.45) is 1.58. The molecule has 0 aromatic carbocycles. The number of hydrogen-bond acceptors (Lipinski definition) is 5. The van der Waals surface area contributed by atoms with E-state index in [9.17, 15) is 14.4 Å². The summed E-state index contributed by atoms with van der Waals surface area (Å²) in [5.74, 6) is -1.38. The van der Waals surface area contributed by atoms with Crippen molar-refractivity contribution < 1.29 is 19.5 Å². The maximum Gasteiger partial charge on any atom is 0.331 e. The number of likely N-dealkylation sites (N-methyl/N-ethyl adjacent to an activating group) is 3. The molecule has 0 spiro atoms. The zero-order chi connectivity index (χ0) is 20.0. The largest absolute Gasteiger partial charge is 0.478 e. The number of amides is 2. The third-order valence-corrected chi connectivity index (χ3v) is 4.85. The van der Waals surface area contributed by atoms with Crippen LogP contribution in [0, 0.1) is 5.92 Å². The molecule has 1 heterocycles. The van der Waals surface area contributed by atoms with Crippen LogP contribution < -0.4 is 5.32 Å². The van der Waals surface area contributed by atoms with E-state index in [1.54, 1.807) is 13.1 Å². The van der Waals surface area contributed by atoms with Gasteiger partial charge in [-0.3, -0.25) is 14.5 Å². The molecular formula is C18H32N4O4. The summed E-state index contributed by atoms with van der Waals surface area (Å²) in [5, 5.41) is 11.8. The van der Waals surface area contributed by atoms with Gasteiger partial charge in [-0.1, -0.05) is 19.9 Å². The van der Waals surface area contributed by atoms with Crippen molar-refractivity contribution in [3.8, 4) is 0 Å². The van der Waals surface area contributed by atoms with Crippen LogP contribution in [-0.2, 0) is 14.4 Å². The monoisotopic (exact) mass is 368 g/mol. The molecule has 0 radical (unpaired) electrons. The van der Waals surface area contributed by atoms with Gasteiger partial charge in [0.2, 0.25) is 11.8 Å². The molecule has 0 saturated carbocycles.